The third kappa shape index (κ3) is 1.52. The molecule has 0 radical (unpaired) electrons. The zero-order valence-electron chi connectivity index (χ0n) is 7.30. The number of halogens is 1. The first-order valence-corrected chi connectivity index (χ1v) is 5.37. The number of fused-ring (bicyclic) bond motifs is 1. The third-order valence-corrected chi connectivity index (χ3v) is 3.48. The minimum Gasteiger partial charge on any atom is -0.398 e. The van der Waals surface area contributed by atoms with Crippen molar-refractivity contribution in [1.29, 1.82) is 0 Å². The van der Waals surface area contributed by atoms with Crippen molar-refractivity contribution in [2.45, 2.75) is 13.3 Å². The van der Waals surface area contributed by atoms with Gasteiger partial charge in [0.25, 0.3) is 0 Å². The molecule has 1 heterocycles. The summed E-state index contributed by atoms with van der Waals surface area (Å²) < 4.78 is 1.18. The summed E-state index contributed by atoms with van der Waals surface area (Å²) >= 11 is 7.66. The molecule has 0 fully saturated rings. The molecule has 68 valence electrons. The summed E-state index contributed by atoms with van der Waals surface area (Å²) in [6.07, 6.45) is 1.05. The molecule has 0 spiro atoms. The van der Waals surface area contributed by atoms with Gasteiger partial charge in [-0.2, -0.15) is 0 Å². The highest BCUT2D eigenvalue weighted by Crippen LogP contribution is 2.32. The normalized spacial score (nSPS) is 10.9. The lowest BCUT2D eigenvalue weighted by Crippen LogP contribution is -1.83. The van der Waals surface area contributed by atoms with Gasteiger partial charge in [0.15, 0.2) is 0 Å². The van der Waals surface area contributed by atoms with E-state index in [0.29, 0.717) is 0 Å². The van der Waals surface area contributed by atoms with Crippen molar-refractivity contribution in [2.24, 2.45) is 0 Å². The maximum absolute atomic E-state index is 5.90. The summed E-state index contributed by atoms with van der Waals surface area (Å²) in [6.45, 7) is 2.14. The van der Waals surface area contributed by atoms with E-state index in [1.807, 2.05) is 6.07 Å². The number of rotatable bonds is 1. The van der Waals surface area contributed by atoms with Crippen molar-refractivity contribution in [3.8, 4) is 0 Å². The highest BCUT2D eigenvalue weighted by molar-refractivity contribution is 7.19. The van der Waals surface area contributed by atoms with Crippen molar-refractivity contribution in [3.63, 3.8) is 0 Å². The summed E-state index contributed by atoms with van der Waals surface area (Å²) in [4.78, 5) is 1.35. The molecule has 0 bridgehead atoms. The van der Waals surface area contributed by atoms with Crippen molar-refractivity contribution >= 4 is 38.7 Å². The molecular formula is C10H10ClNS. The van der Waals surface area contributed by atoms with Crippen LogP contribution >= 0.6 is 22.9 Å². The van der Waals surface area contributed by atoms with Gasteiger partial charge in [-0.25, -0.2) is 0 Å². The molecule has 0 atom stereocenters. The van der Waals surface area contributed by atoms with E-state index in [2.05, 4.69) is 13.0 Å². The van der Waals surface area contributed by atoms with Crippen LogP contribution in [0.15, 0.2) is 18.2 Å². The lowest BCUT2D eigenvalue weighted by molar-refractivity contribution is 1.19. The van der Waals surface area contributed by atoms with E-state index in [0.717, 1.165) is 22.5 Å². The second-order valence-electron chi connectivity index (χ2n) is 2.97. The zero-order chi connectivity index (χ0) is 9.42. The molecule has 0 aliphatic carbocycles. The quantitative estimate of drug-likeness (QED) is 0.716. The number of benzene rings is 1. The fraction of sp³-hybridized carbons (Fsp3) is 0.200. The lowest BCUT2D eigenvalue weighted by Gasteiger charge is -1.95. The van der Waals surface area contributed by atoms with Crippen LogP contribution < -0.4 is 5.73 Å². The summed E-state index contributed by atoms with van der Waals surface area (Å²) in [7, 11) is 0. The van der Waals surface area contributed by atoms with Gasteiger partial charge < -0.3 is 5.73 Å². The number of aryl methyl sites for hydroxylation is 1. The first-order chi connectivity index (χ1) is 6.20. The predicted octanol–water partition coefficient (Wildman–Crippen LogP) is 3.70. The Kier molecular flexibility index (Phi) is 2.18. The average molecular weight is 212 g/mol. The Morgan fingerprint density at radius 2 is 2.15 bits per heavy atom. The SMILES string of the molecule is CCc1cc2c(N)cc(Cl)cc2s1. The zero-order valence-corrected chi connectivity index (χ0v) is 8.88. The van der Waals surface area contributed by atoms with Gasteiger partial charge in [-0.1, -0.05) is 18.5 Å². The van der Waals surface area contributed by atoms with Crippen molar-refractivity contribution < 1.29 is 0 Å². The molecule has 2 aromatic rings. The Balaban J connectivity index is 2.75. The lowest BCUT2D eigenvalue weighted by atomic mass is 10.2. The fourth-order valence-corrected chi connectivity index (χ4v) is 2.73. The largest absolute Gasteiger partial charge is 0.398 e. The molecule has 13 heavy (non-hydrogen) atoms. The van der Waals surface area contributed by atoms with Gasteiger partial charge in [-0.3, -0.25) is 0 Å². The van der Waals surface area contributed by atoms with Gasteiger partial charge in [0, 0.05) is 25.7 Å². The number of nitrogen functional groups attached to an aromatic ring is 1. The van der Waals surface area contributed by atoms with Crippen LogP contribution in [0.5, 0.6) is 0 Å². The molecule has 0 saturated carbocycles. The maximum atomic E-state index is 5.90. The van der Waals surface area contributed by atoms with E-state index in [9.17, 15) is 0 Å². The first-order valence-electron chi connectivity index (χ1n) is 4.18. The molecule has 0 unspecified atom stereocenters. The van der Waals surface area contributed by atoms with Crippen LogP contribution in [0.1, 0.15) is 11.8 Å². The summed E-state index contributed by atoms with van der Waals surface area (Å²) in [5.41, 5.74) is 6.62. The highest BCUT2D eigenvalue weighted by Gasteiger charge is 2.04. The van der Waals surface area contributed by atoms with Gasteiger partial charge >= 0.3 is 0 Å². The van der Waals surface area contributed by atoms with E-state index in [1.54, 1.807) is 17.4 Å². The number of hydrogen-bond donors (Lipinski definition) is 1. The Hall–Kier alpha value is -0.730. The van der Waals surface area contributed by atoms with Crippen molar-refractivity contribution in [3.05, 3.63) is 28.1 Å². The van der Waals surface area contributed by atoms with Gasteiger partial charge in [0.2, 0.25) is 0 Å². The van der Waals surface area contributed by atoms with Crippen LogP contribution in [-0.4, -0.2) is 0 Å². The second kappa shape index (κ2) is 3.20. The van der Waals surface area contributed by atoms with Gasteiger partial charge in [0.1, 0.15) is 0 Å². The average Bonchev–Trinajstić information content (AvgIpc) is 2.47. The number of thiophene rings is 1. The molecule has 0 aliphatic rings. The number of hydrogen-bond acceptors (Lipinski definition) is 2. The predicted molar refractivity (Wildman–Crippen MR) is 60.6 cm³/mol. The fourth-order valence-electron chi connectivity index (χ4n) is 1.36. The Morgan fingerprint density at radius 3 is 2.85 bits per heavy atom. The Morgan fingerprint density at radius 1 is 1.38 bits per heavy atom. The molecular weight excluding hydrogens is 202 g/mol. The summed E-state index contributed by atoms with van der Waals surface area (Å²) in [6, 6.07) is 5.92. The third-order valence-electron chi connectivity index (χ3n) is 2.03. The van der Waals surface area contributed by atoms with Gasteiger partial charge in [0.05, 0.1) is 0 Å². The number of nitrogens with two attached hydrogens (primary N) is 1. The van der Waals surface area contributed by atoms with Crippen LogP contribution in [-0.2, 0) is 6.42 Å². The molecule has 1 nitrogen and oxygen atoms in total. The topological polar surface area (TPSA) is 26.0 Å². The first kappa shape index (κ1) is 8.85. The van der Waals surface area contributed by atoms with E-state index >= 15 is 0 Å². The van der Waals surface area contributed by atoms with Crippen LogP contribution in [0.3, 0.4) is 0 Å². The van der Waals surface area contributed by atoms with Crippen LogP contribution in [0.25, 0.3) is 10.1 Å². The van der Waals surface area contributed by atoms with Crippen LogP contribution in [0, 0.1) is 0 Å². The molecule has 0 saturated heterocycles. The maximum Gasteiger partial charge on any atom is 0.0440 e. The summed E-state index contributed by atoms with van der Waals surface area (Å²) in [5, 5.41) is 1.85. The van der Waals surface area contributed by atoms with Crippen molar-refractivity contribution in [2.75, 3.05) is 5.73 Å². The van der Waals surface area contributed by atoms with E-state index in [-0.39, 0.29) is 0 Å². The molecule has 2 rings (SSSR count). The molecule has 1 aromatic heterocycles. The molecule has 0 aliphatic heterocycles. The minimum absolute atomic E-state index is 0.717. The van der Waals surface area contributed by atoms with E-state index in [4.69, 9.17) is 17.3 Å². The molecule has 1 aromatic carbocycles. The summed E-state index contributed by atoms with van der Waals surface area (Å²) in [5.74, 6) is 0. The Labute approximate surface area is 86.1 Å². The van der Waals surface area contributed by atoms with Crippen LogP contribution in [0.2, 0.25) is 5.02 Å². The van der Waals surface area contributed by atoms with E-state index in [1.165, 1.54) is 9.58 Å². The highest BCUT2D eigenvalue weighted by atomic mass is 35.5. The second-order valence-corrected chi connectivity index (χ2v) is 4.58. The molecule has 0 amide bonds. The standard InChI is InChI=1S/C10H10ClNS/c1-2-7-5-8-9(12)3-6(11)4-10(8)13-7/h3-5H,2,12H2,1H3. The molecule has 2 N–H and O–H groups in total. The van der Waals surface area contributed by atoms with Crippen LogP contribution in [0.4, 0.5) is 5.69 Å². The van der Waals surface area contributed by atoms with Crippen molar-refractivity contribution in [1.82, 2.24) is 0 Å². The number of anilines is 1. The monoisotopic (exact) mass is 211 g/mol. The van der Waals surface area contributed by atoms with Gasteiger partial charge in [-0.05, 0) is 24.6 Å². The minimum atomic E-state index is 0.717. The smallest absolute Gasteiger partial charge is 0.0440 e. The van der Waals surface area contributed by atoms with Gasteiger partial charge in [-0.15, -0.1) is 11.3 Å². The Bertz CT molecular complexity index is 447. The van der Waals surface area contributed by atoms with E-state index < -0.39 is 0 Å². The molecule has 3 heteroatoms.